The van der Waals surface area contributed by atoms with Crippen molar-refractivity contribution in [3.63, 3.8) is 0 Å². The molecule has 4 nitrogen and oxygen atoms in total. The molecule has 0 aliphatic carbocycles. The van der Waals surface area contributed by atoms with Gasteiger partial charge in [-0.15, -0.1) is 0 Å². The monoisotopic (exact) mass is 230 g/mol. The van der Waals surface area contributed by atoms with Gasteiger partial charge in [-0.1, -0.05) is 6.92 Å². The highest BCUT2D eigenvalue weighted by Gasteiger charge is 2.04. The number of hydrogen-bond donors (Lipinski definition) is 1. The third-order valence-electron chi connectivity index (χ3n) is 2.56. The Balaban J connectivity index is 2.29. The predicted molar refractivity (Wildman–Crippen MR) is 69.6 cm³/mol. The first-order valence-corrected chi connectivity index (χ1v) is 5.93. The molecular formula is C13H18N4. The third-order valence-corrected chi connectivity index (χ3v) is 2.56. The minimum atomic E-state index is 0.961. The van der Waals surface area contributed by atoms with Gasteiger partial charge in [0.15, 0.2) is 0 Å². The maximum absolute atomic E-state index is 4.45. The predicted octanol–water partition coefficient (Wildman–Crippen LogP) is 2.71. The summed E-state index contributed by atoms with van der Waals surface area (Å²) in [4.78, 5) is 4.24. The Morgan fingerprint density at radius 3 is 2.71 bits per heavy atom. The maximum atomic E-state index is 4.45. The van der Waals surface area contributed by atoms with Crippen LogP contribution in [0.4, 0.5) is 5.69 Å². The van der Waals surface area contributed by atoms with Crippen molar-refractivity contribution >= 4 is 5.69 Å². The Hall–Kier alpha value is -1.84. The quantitative estimate of drug-likeness (QED) is 0.878. The lowest BCUT2D eigenvalue weighted by molar-refractivity contribution is 0.828. The summed E-state index contributed by atoms with van der Waals surface area (Å²) >= 11 is 0. The van der Waals surface area contributed by atoms with Gasteiger partial charge in [-0.2, -0.15) is 5.10 Å². The number of nitrogens with zero attached hydrogens (tertiary/aromatic N) is 3. The molecule has 0 saturated heterocycles. The average Bonchev–Trinajstić information content (AvgIpc) is 2.66. The molecule has 0 aliphatic rings. The van der Waals surface area contributed by atoms with E-state index in [-0.39, 0.29) is 0 Å². The van der Waals surface area contributed by atoms with E-state index >= 15 is 0 Å². The van der Waals surface area contributed by atoms with E-state index in [1.807, 2.05) is 30.9 Å². The molecule has 2 aromatic heterocycles. The van der Waals surface area contributed by atoms with Gasteiger partial charge < -0.3 is 5.32 Å². The summed E-state index contributed by atoms with van der Waals surface area (Å²) in [6, 6.07) is 4.13. The number of pyridine rings is 1. The molecule has 0 atom stereocenters. The second-order valence-corrected chi connectivity index (χ2v) is 4.20. The van der Waals surface area contributed by atoms with Crippen LogP contribution in [-0.4, -0.2) is 21.3 Å². The van der Waals surface area contributed by atoms with Gasteiger partial charge in [0.05, 0.1) is 29.5 Å². The standard InChI is InChI=1S/C13H18N4/c1-4-5-15-12-7-13(9-14-8-12)17-11(3)6-10(2)16-17/h6-9,15H,4-5H2,1-3H3. The number of aromatic nitrogens is 3. The third kappa shape index (κ3) is 2.64. The second-order valence-electron chi connectivity index (χ2n) is 4.20. The molecule has 0 fully saturated rings. The van der Waals surface area contributed by atoms with Crippen LogP contribution in [0.5, 0.6) is 0 Å². The van der Waals surface area contributed by atoms with Gasteiger partial charge in [-0.05, 0) is 32.4 Å². The van der Waals surface area contributed by atoms with Gasteiger partial charge in [0.2, 0.25) is 0 Å². The van der Waals surface area contributed by atoms with E-state index in [1.165, 1.54) is 0 Å². The van der Waals surface area contributed by atoms with Crippen molar-refractivity contribution in [3.05, 3.63) is 35.9 Å². The molecule has 0 aliphatic heterocycles. The van der Waals surface area contributed by atoms with Crippen LogP contribution in [0.15, 0.2) is 24.5 Å². The molecule has 4 heteroatoms. The Bertz CT molecular complexity index is 502. The van der Waals surface area contributed by atoms with Gasteiger partial charge in [0.25, 0.3) is 0 Å². The fourth-order valence-corrected chi connectivity index (χ4v) is 1.80. The van der Waals surface area contributed by atoms with E-state index in [0.717, 1.165) is 35.7 Å². The van der Waals surface area contributed by atoms with Gasteiger partial charge in [0, 0.05) is 12.2 Å². The number of hydrogen-bond acceptors (Lipinski definition) is 3. The number of anilines is 1. The molecular weight excluding hydrogens is 212 g/mol. The van der Waals surface area contributed by atoms with Gasteiger partial charge in [-0.25, -0.2) is 4.68 Å². The molecule has 0 saturated carbocycles. The van der Waals surface area contributed by atoms with Gasteiger partial charge in [0.1, 0.15) is 0 Å². The zero-order valence-corrected chi connectivity index (χ0v) is 10.6. The molecule has 2 aromatic rings. The molecule has 0 amide bonds. The fraction of sp³-hybridized carbons (Fsp3) is 0.385. The van der Waals surface area contributed by atoms with E-state index in [9.17, 15) is 0 Å². The molecule has 0 aromatic carbocycles. The number of nitrogens with one attached hydrogen (secondary N) is 1. The zero-order chi connectivity index (χ0) is 12.3. The molecule has 90 valence electrons. The summed E-state index contributed by atoms with van der Waals surface area (Å²) in [5.74, 6) is 0. The molecule has 2 rings (SSSR count). The summed E-state index contributed by atoms with van der Waals surface area (Å²) in [6.07, 6.45) is 4.77. The Morgan fingerprint density at radius 2 is 2.06 bits per heavy atom. The van der Waals surface area contributed by atoms with Crippen molar-refractivity contribution < 1.29 is 0 Å². The van der Waals surface area contributed by atoms with E-state index in [2.05, 4.69) is 34.5 Å². The highest BCUT2D eigenvalue weighted by Crippen LogP contribution is 2.15. The van der Waals surface area contributed by atoms with E-state index in [1.54, 1.807) is 0 Å². The Kier molecular flexibility index (Phi) is 3.42. The summed E-state index contributed by atoms with van der Waals surface area (Å²) in [5.41, 5.74) is 4.18. The number of rotatable bonds is 4. The lowest BCUT2D eigenvalue weighted by Crippen LogP contribution is -2.03. The minimum Gasteiger partial charge on any atom is -0.384 e. The largest absolute Gasteiger partial charge is 0.384 e. The highest BCUT2D eigenvalue weighted by molar-refractivity contribution is 5.48. The first kappa shape index (κ1) is 11.6. The van der Waals surface area contributed by atoms with Crippen molar-refractivity contribution in [2.75, 3.05) is 11.9 Å². The molecule has 0 radical (unpaired) electrons. The van der Waals surface area contributed by atoms with E-state index in [4.69, 9.17) is 0 Å². The number of aryl methyl sites for hydroxylation is 2. The SMILES string of the molecule is CCCNc1cncc(-n2nc(C)cc2C)c1. The molecule has 2 heterocycles. The minimum absolute atomic E-state index is 0.961. The lowest BCUT2D eigenvalue weighted by atomic mass is 10.3. The Morgan fingerprint density at radius 1 is 1.24 bits per heavy atom. The molecule has 1 N–H and O–H groups in total. The van der Waals surface area contributed by atoms with E-state index in [0.29, 0.717) is 0 Å². The van der Waals surface area contributed by atoms with Crippen LogP contribution >= 0.6 is 0 Å². The van der Waals surface area contributed by atoms with Crippen LogP contribution in [0.3, 0.4) is 0 Å². The van der Waals surface area contributed by atoms with Crippen molar-refractivity contribution in [1.82, 2.24) is 14.8 Å². The van der Waals surface area contributed by atoms with Crippen LogP contribution in [0.1, 0.15) is 24.7 Å². The van der Waals surface area contributed by atoms with Crippen molar-refractivity contribution in [1.29, 1.82) is 0 Å². The van der Waals surface area contributed by atoms with Gasteiger partial charge >= 0.3 is 0 Å². The van der Waals surface area contributed by atoms with Crippen LogP contribution in [0.25, 0.3) is 5.69 Å². The van der Waals surface area contributed by atoms with Crippen molar-refractivity contribution in [3.8, 4) is 5.69 Å². The van der Waals surface area contributed by atoms with Crippen LogP contribution in [0.2, 0.25) is 0 Å². The summed E-state index contributed by atoms with van der Waals surface area (Å²) in [7, 11) is 0. The topological polar surface area (TPSA) is 42.7 Å². The molecule has 17 heavy (non-hydrogen) atoms. The van der Waals surface area contributed by atoms with Crippen LogP contribution < -0.4 is 5.32 Å². The zero-order valence-electron chi connectivity index (χ0n) is 10.6. The van der Waals surface area contributed by atoms with Crippen LogP contribution in [0, 0.1) is 13.8 Å². The summed E-state index contributed by atoms with van der Waals surface area (Å²) in [5, 5.41) is 7.78. The second kappa shape index (κ2) is 4.99. The molecule has 0 bridgehead atoms. The van der Waals surface area contributed by atoms with Crippen LogP contribution in [-0.2, 0) is 0 Å². The average molecular weight is 230 g/mol. The molecule has 0 spiro atoms. The fourth-order valence-electron chi connectivity index (χ4n) is 1.80. The van der Waals surface area contributed by atoms with Crippen molar-refractivity contribution in [2.24, 2.45) is 0 Å². The Labute approximate surface area is 102 Å². The smallest absolute Gasteiger partial charge is 0.0852 e. The first-order chi connectivity index (χ1) is 8.20. The lowest BCUT2D eigenvalue weighted by Gasteiger charge is -2.08. The molecule has 0 unspecified atom stereocenters. The van der Waals surface area contributed by atoms with Gasteiger partial charge in [-0.3, -0.25) is 4.98 Å². The highest BCUT2D eigenvalue weighted by atomic mass is 15.3. The van der Waals surface area contributed by atoms with Crippen molar-refractivity contribution in [2.45, 2.75) is 27.2 Å². The summed E-state index contributed by atoms with van der Waals surface area (Å²) in [6.45, 7) is 7.15. The van der Waals surface area contributed by atoms with E-state index < -0.39 is 0 Å². The first-order valence-electron chi connectivity index (χ1n) is 5.93. The maximum Gasteiger partial charge on any atom is 0.0852 e. The summed E-state index contributed by atoms with van der Waals surface area (Å²) < 4.78 is 1.92. The normalized spacial score (nSPS) is 10.5.